The molecule has 0 aliphatic carbocycles. The van der Waals surface area contributed by atoms with Gasteiger partial charge in [-0.25, -0.2) is 0 Å². The number of halogens is 1. The molecule has 1 aromatic carbocycles. The third kappa shape index (κ3) is 3.56. The van der Waals surface area contributed by atoms with Crippen LogP contribution in [0.2, 0.25) is 0 Å². The molecule has 1 aliphatic rings. The Morgan fingerprint density at radius 1 is 1.20 bits per heavy atom. The number of nitrogens with one attached hydrogen (secondary N) is 1. The molecule has 108 valence electrons. The second-order valence-corrected chi connectivity index (χ2v) is 5.54. The van der Waals surface area contributed by atoms with Gasteiger partial charge in [0, 0.05) is 23.1 Å². The lowest BCUT2D eigenvalue weighted by Gasteiger charge is -2.15. The van der Waals surface area contributed by atoms with Crippen molar-refractivity contribution in [2.45, 2.75) is 12.2 Å². The number of aliphatic hydroxyl groups excluding tert-OH is 2. The summed E-state index contributed by atoms with van der Waals surface area (Å²) in [5, 5.41) is 21.2. The summed E-state index contributed by atoms with van der Waals surface area (Å²) in [7, 11) is 0. The van der Waals surface area contributed by atoms with Crippen molar-refractivity contribution in [3.05, 3.63) is 34.3 Å². The molecule has 1 aromatic rings. The third-order valence-electron chi connectivity index (χ3n) is 3.12. The highest BCUT2D eigenvalue weighted by Crippen LogP contribution is 2.11. The van der Waals surface area contributed by atoms with E-state index in [0.29, 0.717) is 5.56 Å². The first-order valence-electron chi connectivity index (χ1n) is 6.15. The minimum absolute atomic E-state index is 0.0914. The summed E-state index contributed by atoms with van der Waals surface area (Å²) in [6, 6.07) is 6.77. The predicted molar refractivity (Wildman–Crippen MR) is 75.1 cm³/mol. The topological polar surface area (TPSA) is 89.9 Å². The Hall–Kier alpha value is -1.44. The van der Waals surface area contributed by atoms with Crippen molar-refractivity contribution >= 4 is 27.7 Å². The largest absolute Gasteiger partial charge is 0.388 e. The molecule has 3 N–H and O–H groups in total. The molecule has 2 atom stereocenters. The highest BCUT2D eigenvalue weighted by Gasteiger charge is 2.32. The molecule has 6 nitrogen and oxygen atoms in total. The van der Waals surface area contributed by atoms with E-state index in [4.69, 9.17) is 0 Å². The molecule has 0 bridgehead atoms. The van der Waals surface area contributed by atoms with Gasteiger partial charge in [0.15, 0.2) is 0 Å². The highest BCUT2D eigenvalue weighted by molar-refractivity contribution is 9.10. The number of hydrogen-bond donors (Lipinski definition) is 3. The van der Waals surface area contributed by atoms with Gasteiger partial charge in [0.25, 0.3) is 5.91 Å². The molecule has 0 saturated carbocycles. The van der Waals surface area contributed by atoms with Crippen LogP contribution >= 0.6 is 15.9 Å². The molecule has 0 spiro atoms. The first-order chi connectivity index (χ1) is 9.47. The van der Waals surface area contributed by atoms with Crippen molar-refractivity contribution < 1.29 is 19.8 Å². The predicted octanol–water partition coefficient (Wildman–Crippen LogP) is -0.257. The molecular formula is C13H15BrN2O4. The Kier molecular flexibility index (Phi) is 4.74. The fraction of sp³-hybridized carbons (Fsp3) is 0.385. The van der Waals surface area contributed by atoms with Crippen LogP contribution in [-0.4, -0.2) is 58.8 Å². The number of carbonyl (C=O) groups excluding carboxylic acids is 2. The maximum absolute atomic E-state index is 11.8. The van der Waals surface area contributed by atoms with Gasteiger partial charge in [0.2, 0.25) is 5.91 Å². The van der Waals surface area contributed by atoms with Crippen LogP contribution in [0.5, 0.6) is 0 Å². The number of likely N-dealkylation sites (tertiary alicyclic amines) is 1. The van der Waals surface area contributed by atoms with Crippen LogP contribution in [0.1, 0.15) is 10.4 Å². The normalized spacial score (nSPS) is 21.9. The summed E-state index contributed by atoms with van der Waals surface area (Å²) in [4.78, 5) is 24.9. The van der Waals surface area contributed by atoms with E-state index in [2.05, 4.69) is 21.2 Å². The smallest absolute Gasteiger partial charge is 0.251 e. The lowest BCUT2D eigenvalue weighted by molar-refractivity contribution is -0.129. The van der Waals surface area contributed by atoms with Crippen LogP contribution in [0.4, 0.5) is 0 Å². The molecule has 20 heavy (non-hydrogen) atoms. The summed E-state index contributed by atoms with van der Waals surface area (Å²) < 4.78 is 0.866. The Morgan fingerprint density at radius 2 is 1.75 bits per heavy atom. The van der Waals surface area contributed by atoms with E-state index in [9.17, 15) is 19.8 Å². The molecule has 2 amide bonds. The van der Waals surface area contributed by atoms with Crippen molar-refractivity contribution in [1.82, 2.24) is 10.2 Å². The van der Waals surface area contributed by atoms with Gasteiger partial charge in [-0.05, 0) is 24.3 Å². The van der Waals surface area contributed by atoms with Gasteiger partial charge in [0.1, 0.15) is 0 Å². The van der Waals surface area contributed by atoms with Crippen molar-refractivity contribution in [3.63, 3.8) is 0 Å². The SMILES string of the molecule is O=C(NCC(=O)N1C[C@@H](O)[C@@H](O)C1)c1ccc(Br)cc1. The molecule has 0 unspecified atom stereocenters. The van der Waals surface area contributed by atoms with Gasteiger partial charge in [0.05, 0.1) is 18.8 Å². The zero-order valence-corrected chi connectivity index (χ0v) is 12.2. The zero-order chi connectivity index (χ0) is 14.7. The number of hydrogen-bond acceptors (Lipinski definition) is 4. The van der Waals surface area contributed by atoms with Crippen molar-refractivity contribution in [3.8, 4) is 0 Å². The van der Waals surface area contributed by atoms with Crippen LogP contribution in [-0.2, 0) is 4.79 Å². The van der Waals surface area contributed by atoms with Crippen molar-refractivity contribution in [2.75, 3.05) is 19.6 Å². The minimum Gasteiger partial charge on any atom is -0.388 e. The number of aliphatic hydroxyl groups is 2. The summed E-state index contributed by atoms with van der Waals surface area (Å²) >= 11 is 3.27. The average Bonchev–Trinajstić information content (AvgIpc) is 2.76. The summed E-state index contributed by atoms with van der Waals surface area (Å²) in [5.41, 5.74) is 0.461. The molecule has 7 heteroatoms. The van der Waals surface area contributed by atoms with E-state index in [1.54, 1.807) is 24.3 Å². The van der Waals surface area contributed by atoms with Crippen LogP contribution in [0.3, 0.4) is 0 Å². The van der Waals surface area contributed by atoms with Gasteiger partial charge in [-0.2, -0.15) is 0 Å². The lowest BCUT2D eigenvalue weighted by atomic mass is 10.2. The Balaban J connectivity index is 1.84. The number of amides is 2. The summed E-state index contributed by atoms with van der Waals surface area (Å²) in [6.45, 7) is 0.0245. The maximum Gasteiger partial charge on any atom is 0.251 e. The number of carbonyl (C=O) groups is 2. The maximum atomic E-state index is 11.8. The van der Waals surface area contributed by atoms with Crippen LogP contribution in [0, 0.1) is 0 Å². The molecular weight excluding hydrogens is 328 g/mol. The Labute approximate surface area is 124 Å². The van der Waals surface area contributed by atoms with Crippen LogP contribution in [0.25, 0.3) is 0 Å². The highest BCUT2D eigenvalue weighted by atomic mass is 79.9. The van der Waals surface area contributed by atoms with E-state index < -0.39 is 12.2 Å². The molecule has 0 radical (unpaired) electrons. The molecule has 1 heterocycles. The number of benzene rings is 1. The molecule has 1 aliphatic heterocycles. The lowest BCUT2D eigenvalue weighted by Crippen LogP contribution is -2.39. The fourth-order valence-corrected chi connectivity index (χ4v) is 2.21. The van der Waals surface area contributed by atoms with E-state index >= 15 is 0 Å². The quantitative estimate of drug-likeness (QED) is 0.706. The standard InChI is InChI=1S/C13H15BrN2O4/c14-9-3-1-8(2-4-9)13(20)15-5-12(19)16-6-10(17)11(18)7-16/h1-4,10-11,17-18H,5-7H2,(H,15,20)/t10-,11+. The van der Waals surface area contributed by atoms with Gasteiger partial charge in [-0.1, -0.05) is 15.9 Å². The molecule has 0 aromatic heterocycles. The molecule has 1 fully saturated rings. The number of rotatable bonds is 3. The Morgan fingerprint density at radius 3 is 2.30 bits per heavy atom. The van der Waals surface area contributed by atoms with Crippen molar-refractivity contribution in [1.29, 1.82) is 0 Å². The van der Waals surface area contributed by atoms with Gasteiger partial charge >= 0.3 is 0 Å². The molecule has 1 saturated heterocycles. The first kappa shape index (κ1) is 15.0. The summed E-state index contributed by atoms with van der Waals surface area (Å²) in [6.07, 6.45) is -1.83. The van der Waals surface area contributed by atoms with E-state index in [1.165, 1.54) is 4.90 Å². The third-order valence-corrected chi connectivity index (χ3v) is 3.65. The van der Waals surface area contributed by atoms with E-state index in [1.807, 2.05) is 0 Å². The number of β-amino-alcohol motifs (C(OH)–C–C–N with tert-alkyl or cyclic N) is 2. The van der Waals surface area contributed by atoms with Gasteiger partial charge in [-0.3, -0.25) is 9.59 Å². The Bertz CT molecular complexity index is 496. The fourth-order valence-electron chi connectivity index (χ4n) is 1.94. The van der Waals surface area contributed by atoms with E-state index in [0.717, 1.165) is 4.47 Å². The second kappa shape index (κ2) is 6.34. The van der Waals surface area contributed by atoms with Gasteiger partial charge < -0.3 is 20.4 Å². The molecule has 2 rings (SSSR count). The van der Waals surface area contributed by atoms with Gasteiger partial charge in [-0.15, -0.1) is 0 Å². The van der Waals surface area contributed by atoms with Crippen LogP contribution in [0.15, 0.2) is 28.7 Å². The van der Waals surface area contributed by atoms with Crippen molar-refractivity contribution in [2.24, 2.45) is 0 Å². The zero-order valence-electron chi connectivity index (χ0n) is 10.6. The monoisotopic (exact) mass is 342 g/mol. The number of nitrogens with zero attached hydrogens (tertiary/aromatic N) is 1. The van der Waals surface area contributed by atoms with Crippen LogP contribution < -0.4 is 5.32 Å². The summed E-state index contributed by atoms with van der Waals surface area (Å²) in [5.74, 6) is -0.669. The van der Waals surface area contributed by atoms with E-state index in [-0.39, 0.29) is 31.4 Å². The minimum atomic E-state index is -0.916. The average molecular weight is 343 g/mol. The second-order valence-electron chi connectivity index (χ2n) is 4.62. The first-order valence-corrected chi connectivity index (χ1v) is 6.94.